The highest BCUT2D eigenvalue weighted by atomic mass is 16.2. The maximum atomic E-state index is 11.5. The van der Waals surface area contributed by atoms with Crippen LogP contribution in [0.3, 0.4) is 0 Å². The number of carbonyl (C=O) groups is 1. The molecule has 0 fully saturated rings. The summed E-state index contributed by atoms with van der Waals surface area (Å²) in [5.74, 6) is 0.0433. The zero-order valence-electron chi connectivity index (χ0n) is 8.42. The van der Waals surface area contributed by atoms with Gasteiger partial charge in [-0.15, -0.1) is 13.2 Å². The van der Waals surface area contributed by atoms with E-state index >= 15 is 0 Å². The van der Waals surface area contributed by atoms with Gasteiger partial charge in [-0.2, -0.15) is 0 Å². The highest BCUT2D eigenvalue weighted by Crippen LogP contribution is 2.06. The van der Waals surface area contributed by atoms with Crippen molar-refractivity contribution in [2.24, 2.45) is 0 Å². The van der Waals surface area contributed by atoms with Crippen LogP contribution in [0.15, 0.2) is 37.0 Å². The van der Waals surface area contributed by atoms with Gasteiger partial charge in [-0.1, -0.05) is 18.2 Å². The van der Waals surface area contributed by atoms with Gasteiger partial charge in [0.1, 0.15) is 0 Å². The van der Waals surface area contributed by atoms with Crippen molar-refractivity contribution in [1.29, 1.82) is 0 Å². The van der Waals surface area contributed by atoms with Crippen LogP contribution in [0.4, 0.5) is 0 Å². The molecule has 0 atom stereocenters. The van der Waals surface area contributed by atoms with Crippen LogP contribution in [0.2, 0.25) is 0 Å². The number of hydrogen-bond donors (Lipinski definition) is 0. The molecular weight excluding hydrogens is 162 g/mol. The molecule has 0 bridgehead atoms. The van der Waals surface area contributed by atoms with Crippen molar-refractivity contribution in [2.75, 3.05) is 14.1 Å². The van der Waals surface area contributed by atoms with E-state index in [1.807, 2.05) is 6.08 Å². The monoisotopic (exact) mass is 179 g/mol. The molecule has 0 radical (unpaired) electrons. The molecule has 0 unspecified atom stereocenters. The molecule has 0 aliphatic rings. The smallest absolute Gasteiger partial charge is 0.249 e. The van der Waals surface area contributed by atoms with E-state index in [0.29, 0.717) is 6.42 Å². The summed E-state index contributed by atoms with van der Waals surface area (Å²) in [6, 6.07) is 0. The van der Waals surface area contributed by atoms with E-state index in [4.69, 9.17) is 0 Å². The molecule has 0 aliphatic heterocycles. The summed E-state index contributed by atoms with van der Waals surface area (Å²) in [5.41, 5.74) is 0.778. The van der Waals surface area contributed by atoms with Crippen molar-refractivity contribution < 1.29 is 4.79 Å². The Morgan fingerprint density at radius 3 is 2.31 bits per heavy atom. The van der Waals surface area contributed by atoms with Crippen molar-refractivity contribution in [1.82, 2.24) is 4.90 Å². The highest BCUT2D eigenvalue weighted by molar-refractivity contribution is 5.93. The van der Waals surface area contributed by atoms with Crippen molar-refractivity contribution >= 4 is 5.91 Å². The standard InChI is InChI=1S/C11H17NO/c1-5-7-9-10(8-6-2)11(13)12(3)4/h5-6,9H,1-2,7-8H2,3-4H3. The Morgan fingerprint density at radius 2 is 1.92 bits per heavy atom. The number of amides is 1. The first-order chi connectivity index (χ1) is 6.13. The largest absolute Gasteiger partial charge is 0.345 e. The van der Waals surface area contributed by atoms with Gasteiger partial charge in [-0.25, -0.2) is 0 Å². The van der Waals surface area contributed by atoms with E-state index in [2.05, 4.69) is 13.2 Å². The number of hydrogen-bond acceptors (Lipinski definition) is 1. The number of rotatable bonds is 5. The van der Waals surface area contributed by atoms with E-state index in [-0.39, 0.29) is 5.91 Å². The highest BCUT2D eigenvalue weighted by Gasteiger charge is 2.08. The molecular formula is C11H17NO. The quantitative estimate of drug-likeness (QED) is 0.468. The first-order valence-electron chi connectivity index (χ1n) is 4.26. The lowest BCUT2D eigenvalue weighted by Gasteiger charge is -2.11. The molecule has 0 N–H and O–H groups in total. The van der Waals surface area contributed by atoms with Gasteiger partial charge < -0.3 is 4.90 Å². The van der Waals surface area contributed by atoms with Gasteiger partial charge in [0.25, 0.3) is 0 Å². The van der Waals surface area contributed by atoms with Crippen molar-refractivity contribution in [3.63, 3.8) is 0 Å². The average Bonchev–Trinajstić information content (AvgIpc) is 2.11. The molecule has 0 saturated carbocycles. The van der Waals surface area contributed by atoms with Crippen LogP contribution < -0.4 is 0 Å². The molecule has 0 aromatic carbocycles. The van der Waals surface area contributed by atoms with E-state index in [9.17, 15) is 4.79 Å². The fraction of sp³-hybridized carbons (Fsp3) is 0.364. The molecule has 72 valence electrons. The predicted molar refractivity (Wildman–Crippen MR) is 56.4 cm³/mol. The normalized spacial score (nSPS) is 10.8. The van der Waals surface area contributed by atoms with E-state index in [1.165, 1.54) is 0 Å². The minimum absolute atomic E-state index is 0.0433. The second kappa shape index (κ2) is 6.23. The summed E-state index contributed by atoms with van der Waals surface area (Å²) >= 11 is 0. The van der Waals surface area contributed by atoms with Crippen LogP contribution in [-0.4, -0.2) is 24.9 Å². The van der Waals surface area contributed by atoms with Crippen molar-refractivity contribution in [2.45, 2.75) is 12.8 Å². The summed E-state index contributed by atoms with van der Waals surface area (Å²) in [6.07, 6.45) is 6.73. The summed E-state index contributed by atoms with van der Waals surface area (Å²) in [6.45, 7) is 7.21. The van der Waals surface area contributed by atoms with E-state index in [0.717, 1.165) is 12.0 Å². The SMILES string of the molecule is C=CCC=C(CC=C)C(=O)N(C)C. The third-order valence-corrected chi connectivity index (χ3v) is 1.58. The summed E-state index contributed by atoms with van der Waals surface area (Å²) < 4.78 is 0. The minimum atomic E-state index is 0.0433. The first-order valence-corrected chi connectivity index (χ1v) is 4.26. The molecule has 0 aromatic heterocycles. The minimum Gasteiger partial charge on any atom is -0.345 e. The third-order valence-electron chi connectivity index (χ3n) is 1.58. The zero-order chi connectivity index (χ0) is 10.3. The average molecular weight is 179 g/mol. The second-order valence-electron chi connectivity index (χ2n) is 2.95. The van der Waals surface area contributed by atoms with Crippen molar-refractivity contribution in [3.8, 4) is 0 Å². The Morgan fingerprint density at radius 1 is 1.31 bits per heavy atom. The summed E-state index contributed by atoms with van der Waals surface area (Å²) in [5, 5.41) is 0. The Hall–Kier alpha value is -1.31. The molecule has 0 spiro atoms. The predicted octanol–water partition coefficient (Wildman–Crippen LogP) is 2.15. The number of nitrogens with zero attached hydrogens (tertiary/aromatic N) is 1. The Bertz CT molecular complexity index is 226. The Balaban J connectivity index is 4.48. The van der Waals surface area contributed by atoms with Gasteiger partial charge in [-0.05, 0) is 12.8 Å². The maximum Gasteiger partial charge on any atom is 0.249 e. The Kier molecular flexibility index (Phi) is 5.60. The van der Waals surface area contributed by atoms with Crippen LogP contribution in [0.5, 0.6) is 0 Å². The lowest BCUT2D eigenvalue weighted by molar-refractivity contribution is -0.124. The summed E-state index contributed by atoms with van der Waals surface area (Å²) in [4.78, 5) is 13.1. The molecule has 2 heteroatoms. The lowest BCUT2D eigenvalue weighted by Crippen LogP contribution is -2.23. The van der Waals surface area contributed by atoms with Crippen LogP contribution in [0.25, 0.3) is 0 Å². The molecule has 2 nitrogen and oxygen atoms in total. The second-order valence-corrected chi connectivity index (χ2v) is 2.95. The molecule has 0 rings (SSSR count). The van der Waals surface area contributed by atoms with E-state index in [1.54, 1.807) is 31.1 Å². The van der Waals surface area contributed by atoms with E-state index < -0.39 is 0 Å². The van der Waals surface area contributed by atoms with Gasteiger partial charge in [0.15, 0.2) is 0 Å². The van der Waals surface area contributed by atoms with Crippen LogP contribution in [0.1, 0.15) is 12.8 Å². The van der Waals surface area contributed by atoms with Crippen LogP contribution in [0, 0.1) is 0 Å². The molecule has 0 heterocycles. The van der Waals surface area contributed by atoms with Crippen LogP contribution >= 0.6 is 0 Å². The molecule has 13 heavy (non-hydrogen) atoms. The van der Waals surface area contributed by atoms with Crippen LogP contribution in [-0.2, 0) is 4.79 Å². The van der Waals surface area contributed by atoms with Gasteiger partial charge in [0.05, 0.1) is 0 Å². The number of carbonyl (C=O) groups excluding carboxylic acids is 1. The number of allylic oxidation sites excluding steroid dienone is 3. The molecule has 0 aromatic rings. The van der Waals surface area contributed by atoms with Gasteiger partial charge >= 0.3 is 0 Å². The lowest BCUT2D eigenvalue weighted by atomic mass is 10.1. The molecule has 0 saturated heterocycles. The summed E-state index contributed by atoms with van der Waals surface area (Å²) in [7, 11) is 3.49. The van der Waals surface area contributed by atoms with Crippen molar-refractivity contribution in [3.05, 3.63) is 37.0 Å². The molecule has 1 amide bonds. The first kappa shape index (κ1) is 11.7. The maximum absolute atomic E-state index is 11.5. The Labute approximate surface area is 80.2 Å². The fourth-order valence-corrected chi connectivity index (χ4v) is 0.926. The van der Waals surface area contributed by atoms with Gasteiger partial charge in [-0.3, -0.25) is 4.79 Å². The van der Waals surface area contributed by atoms with Gasteiger partial charge in [0.2, 0.25) is 5.91 Å². The van der Waals surface area contributed by atoms with Gasteiger partial charge in [0, 0.05) is 19.7 Å². The molecule has 0 aliphatic carbocycles. The zero-order valence-corrected chi connectivity index (χ0v) is 8.42. The fourth-order valence-electron chi connectivity index (χ4n) is 0.926. The topological polar surface area (TPSA) is 20.3 Å². The number of likely N-dealkylation sites (N-methyl/N-ethyl adjacent to an activating group) is 1. The third kappa shape index (κ3) is 4.31.